The van der Waals surface area contributed by atoms with Crippen molar-refractivity contribution in [3.05, 3.63) is 34.9 Å². The van der Waals surface area contributed by atoms with Crippen molar-refractivity contribution in [2.45, 2.75) is 39.5 Å². The van der Waals surface area contributed by atoms with E-state index in [0.717, 1.165) is 11.1 Å². The van der Waals surface area contributed by atoms with Crippen molar-refractivity contribution in [1.82, 2.24) is 0 Å². The molecule has 4 N–H and O–H groups in total. The third-order valence-corrected chi connectivity index (χ3v) is 2.25. The molecular formula is C13H20N2O2. The Morgan fingerprint density at radius 1 is 1.24 bits per heavy atom. The van der Waals surface area contributed by atoms with E-state index in [1.165, 1.54) is 0 Å². The summed E-state index contributed by atoms with van der Waals surface area (Å²) in [6, 6.07) is 5.44. The smallest absolute Gasteiger partial charge is 0.338 e. The summed E-state index contributed by atoms with van der Waals surface area (Å²) >= 11 is 0. The lowest BCUT2D eigenvalue weighted by Crippen LogP contribution is -2.25. The van der Waals surface area contributed by atoms with E-state index in [0.29, 0.717) is 18.7 Å². The summed E-state index contributed by atoms with van der Waals surface area (Å²) < 4.78 is 5.33. The first-order valence-electron chi connectivity index (χ1n) is 5.62. The molecule has 0 aromatic heterocycles. The van der Waals surface area contributed by atoms with Crippen molar-refractivity contribution in [1.29, 1.82) is 0 Å². The molecule has 0 bridgehead atoms. The van der Waals surface area contributed by atoms with Crippen LogP contribution >= 0.6 is 0 Å². The van der Waals surface area contributed by atoms with Gasteiger partial charge in [0.2, 0.25) is 0 Å². The molecule has 0 aliphatic rings. The van der Waals surface area contributed by atoms with Crippen LogP contribution in [0.1, 0.15) is 42.3 Å². The zero-order valence-corrected chi connectivity index (χ0v) is 10.6. The van der Waals surface area contributed by atoms with Crippen LogP contribution in [0.3, 0.4) is 0 Å². The lowest BCUT2D eigenvalue weighted by molar-refractivity contribution is 0.00682. The Morgan fingerprint density at radius 3 is 2.35 bits per heavy atom. The Hall–Kier alpha value is -1.39. The molecule has 0 aliphatic heterocycles. The Morgan fingerprint density at radius 2 is 1.88 bits per heavy atom. The predicted molar refractivity (Wildman–Crippen MR) is 67.4 cm³/mol. The Kier molecular flexibility index (Phi) is 4.26. The highest BCUT2D eigenvalue weighted by molar-refractivity contribution is 5.91. The molecule has 0 aliphatic carbocycles. The summed E-state index contributed by atoms with van der Waals surface area (Å²) in [7, 11) is 0. The molecule has 4 nitrogen and oxygen atoms in total. The van der Waals surface area contributed by atoms with Crippen molar-refractivity contribution in [2.75, 3.05) is 0 Å². The van der Waals surface area contributed by atoms with E-state index in [-0.39, 0.29) is 5.97 Å². The number of carbonyl (C=O) groups is 1. The van der Waals surface area contributed by atoms with E-state index >= 15 is 0 Å². The molecule has 0 saturated heterocycles. The largest absolute Gasteiger partial charge is 0.456 e. The summed E-state index contributed by atoms with van der Waals surface area (Å²) in [5.41, 5.74) is 12.8. The fraction of sp³-hybridized carbons (Fsp3) is 0.462. The molecule has 0 heterocycles. The van der Waals surface area contributed by atoms with Gasteiger partial charge in [-0.25, -0.2) is 4.79 Å². The van der Waals surface area contributed by atoms with Crippen LogP contribution in [0.15, 0.2) is 18.2 Å². The van der Waals surface area contributed by atoms with Gasteiger partial charge in [0.25, 0.3) is 0 Å². The van der Waals surface area contributed by atoms with Gasteiger partial charge in [-0.15, -0.1) is 0 Å². The minimum Gasteiger partial charge on any atom is -0.456 e. The topological polar surface area (TPSA) is 78.3 Å². The monoisotopic (exact) mass is 236 g/mol. The van der Waals surface area contributed by atoms with Crippen LogP contribution in [-0.4, -0.2) is 11.6 Å². The fourth-order valence-corrected chi connectivity index (χ4v) is 1.45. The van der Waals surface area contributed by atoms with Crippen LogP contribution in [-0.2, 0) is 17.8 Å². The van der Waals surface area contributed by atoms with E-state index in [1.54, 1.807) is 6.07 Å². The Labute approximate surface area is 102 Å². The first kappa shape index (κ1) is 13.7. The minimum absolute atomic E-state index is 0.305. The minimum atomic E-state index is -0.512. The molecule has 0 spiro atoms. The quantitative estimate of drug-likeness (QED) is 0.781. The summed E-state index contributed by atoms with van der Waals surface area (Å²) in [5.74, 6) is -0.353. The fourth-order valence-electron chi connectivity index (χ4n) is 1.45. The average molecular weight is 236 g/mol. The van der Waals surface area contributed by atoms with Gasteiger partial charge in [0.15, 0.2) is 0 Å². The SMILES string of the molecule is CC(C)(C)OC(=O)c1cc(CN)ccc1CN. The van der Waals surface area contributed by atoms with Gasteiger partial charge in [0.05, 0.1) is 5.56 Å². The van der Waals surface area contributed by atoms with Crippen molar-refractivity contribution < 1.29 is 9.53 Å². The van der Waals surface area contributed by atoms with Gasteiger partial charge in [-0.05, 0) is 38.0 Å². The van der Waals surface area contributed by atoms with E-state index in [4.69, 9.17) is 16.2 Å². The third kappa shape index (κ3) is 3.84. The molecule has 0 amide bonds. The van der Waals surface area contributed by atoms with Crippen LogP contribution in [0.4, 0.5) is 0 Å². The second kappa shape index (κ2) is 5.29. The second-order valence-corrected chi connectivity index (χ2v) is 4.90. The number of benzene rings is 1. The van der Waals surface area contributed by atoms with Gasteiger partial charge in [-0.3, -0.25) is 0 Å². The van der Waals surface area contributed by atoms with Gasteiger partial charge < -0.3 is 16.2 Å². The predicted octanol–water partition coefficient (Wildman–Crippen LogP) is 1.56. The van der Waals surface area contributed by atoms with Crippen LogP contribution in [0.2, 0.25) is 0 Å². The summed E-state index contributed by atoms with van der Waals surface area (Å²) in [6.07, 6.45) is 0. The van der Waals surface area contributed by atoms with E-state index in [9.17, 15) is 4.79 Å². The number of nitrogens with two attached hydrogens (primary N) is 2. The van der Waals surface area contributed by atoms with Gasteiger partial charge in [-0.2, -0.15) is 0 Å². The summed E-state index contributed by atoms with van der Waals surface area (Å²) in [4.78, 5) is 12.0. The molecular weight excluding hydrogens is 216 g/mol. The van der Waals surface area contributed by atoms with Crippen molar-refractivity contribution in [3.8, 4) is 0 Å². The highest BCUT2D eigenvalue weighted by Gasteiger charge is 2.20. The molecule has 0 atom stereocenters. The Bertz CT molecular complexity index is 408. The lowest BCUT2D eigenvalue weighted by atomic mass is 10.0. The number of esters is 1. The molecule has 1 rings (SSSR count). The lowest BCUT2D eigenvalue weighted by Gasteiger charge is -2.20. The van der Waals surface area contributed by atoms with Crippen molar-refractivity contribution in [2.24, 2.45) is 11.5 Å². The zero-order valence-electron chi connectivity index (χ0n) is 10.6. The van der Waals surface area contributed by atoms with Crippen molar-refractivity contribution in [3.63, 3.8) is 0 Å². The van der Waals surface area contributed by atoms with Crippen LogP contribution in [0.5, 0.6) is 0 Å². The van der Waals surface area contributed by atoms with E-state index in [2.05, 4.69) is 0 Å². The third-order valence-electron chi connectivity index (χ3n) is 2.25. The number of hydrogen-bond donors (Lipinski definition) is 2. The molecule has 1 aromatic carbocycles. The molecule has 0 saturated carbocycles. The molecule has 0 fully saturated rings. The molecule has 17 heavy (non-hydrogen) atoms. The first-order valence-corrected chi connectivity index (χ1v) is 5.62. The average Bonchev–Trinajstić information content (AvgIpc) is 2.25. The Balaban J connectivity index is 3.05. The highest BCUT2D eigenvalue weighted by Crippen LogP contribution is 2.17. The van der Waals surface area contributed by atoms with E-state index < -0.39 is 5.60 Å². The highest BCUT2D eigenvalue weighted by atomic mass is 16.6. The van der Waals surface area contributed by atoms with Crippen molar-refractivity contribution >= 4 is 5.97 Å². The standard InChI is InChI=1S/C13H20N2O2/c1-13(2,3)17-12(16)11-6-9(7-14)4-5-10(11)8-15/h4-6H,7-8,14-15H2,1-3H3. The maximum absolute atomic E-state index is 12.0. The number of carbonyl (C=O) groups excluding carboxylic acids is 1. The number of rotatable bonds is 3. The van der Waals surface area contributed by atoms with Crippen LogP contribution < -0.4 is 11.5 Å². The zero-order chi connectivity index (χ0) is 13.1. The van der Waals surface area contributed by atoms with Gasteiger partial charge in [0, 0.05) is 13.1 Å². The maximum Gasteiger partial charge on any atom is 0.338 e. The molecule has 1 aromatic rings. The number of ether oxygens (including phenoxy) is 1. The first-order chi connectivity index (χ1) is 7.87. The van der Waals surface area contributed by atoms with Gasteiger partial charge in [0.1, 0.15) is 5.60 Å². The summed E-state index contributed by atoms with van der Waals surface area (Å²) in [5, 5.41) is 0. The van der Waals surface area contributed by atoms with Crippen LogP contribution in [0.25, 0.3) is 0 Å². The second-order valence-electron chi connectivity index (χ2n) is 4.90. The maximum atomic E-state index is 12.0. The number of hydrogen-bond acceptors (Lipinski definition) is 4. The summed E-state index contributed by atoms with van der Waals surface area (Å²) in [6.45, 7) is 6.19. The molecule has 4 heteroatoms. The molecule has 94 valence electrons. The molecule has 0 radical (unpaired) electrons. The molecule has 0 unspecified atom stereocenters. The van der Waals surface area contributed by atoms with Gasteiger partial charge >= 0.3 is 5.97 Å². The normalized spacial score (nSPS) is 11.4. The van der Waals surface area contributed by atoms with E-state index in [1.807, 2.05) is 32.9 Å². The van der Waals surface area contributed by atoms with Gasteiger partial charge in [-0.1, -0.05) is 12.1 Å². The van der Waals surface area contributed by atoms with Crippen LogP contribution in [0, 0.1) is 0 Å².